The third-order valence-corrected chi connectivity index (χ3v) is 5.00. The molecule has 0 fully saturated rings. The Hall–Kier alpha value is -3.02. The highest BCUT2D eigenvalue weighted by molar-refractivity contribution is 5.88. The Morgan fingerprint density at radius 3 is 2.48 bits per heavy atom. The van der Waals surface area contributed by atoms with Gasteiger partial charge in [-0.05, 0) is 48.6 Å². The van der Waals surface area contributed by atoms with Gasteiger partial charge in [0.25, 0.3) is 5.91 Å². The van der Waals surface area contributed by atoms with Crippen LogP contribution in [0.1, 0.15) is 38.3 Å². The van der Waals surface area contributed by atoms with Crippen molar-refractivity contribution in [1.29, 1.82) is 0 Å². The molecule has 1 unspecified atom stereocenters. The Morgan fingerprint density at radius 2 is 1.84 bits per heavy atom. The van der Waals surface area contributed by atoms with E-state index >= 15 is 0 Å². The molecule has 0 aliphatic rings. The maximum absolute atomic E-state index is 13.2. The number of carbonyl (C=O) groups is 2. The summed E-state index contributed by atoms with van der Waals surface area (Å²) in [7, 11) is 1.60. The van der Waals surface area contributed by atoms with Crippen molar-refractivity contribution in [1.82, 2.24) is 10.2 Å². The first-order valence-corrected chi connectivity index (χ1v) is 10.7. The van der Waals surface area contributed by atoms with E-state index in [4.69, 9.17) is 9.47 Å². The zero-order valence-electron chi connectivity index (χ0n) is 19.2. The number of hydrogen-bond acceptors (Lipinski definition) is 4. The summed E-state index contributed by atoms with van der Waals surface area (Å²) in [6.07, 6.45) is 0.504. The molecule has 0 aromatic heterocycles. The highest BCUT2D eigenvalue weighted by Crippen LogP contribution is 2.19. The van der Waals surface area contributed by atoms with Crippen molar-refractivity contribution < 1.29 is 19.1 Å². The summed E-state index contributed by atoms with van der Waals surface area (Å²) in [6, 6.07) is 14.5. The SMILES string of the molecule is CCC(C(=O)NCC(C)C)N(Cc1cccc(OC)c1)C(=O)COc1ccccc1C. The monoisotopic (exact) mass is 426 g/mol. The zero-order chi connectivity index (χ0) is 22.8. The second-order valence-corrected chi connectivity index (χ2v) is 7.99. The molecule has 6 heteroatoms. The lowest BCUT2D eigenvalue weighted by atomic mass is 10.1. The molecule has 6 nitrogen and oxygen atoms in total. The summed E-state index contributed by atoms with van der Waals surface area (Å²) in [6.45, 7) is 8.64. The Balaban J connectivity index is 2.23. The van der Waals surface area contributed by atoms with Gasteiger partial charge in [0, 0.05) is 13.1 Å². The van der Waals surface area contributed by atoms with Gasteiger partial charge in [-0.2, -0.15) is 0 Å². The summed E-state index contributed by atoms with van der Waals surface area (Å²) < 4.78 is 11.1. The summed E-state index contributed by atoms with van der Waals surface area (Å²) in [5.41, 5.74) is 1.84. The molecule has 1 N–H and O–H groups in total. The van der Waals surface area contributed by atoms with Crippen LogP contribution >= 0.6 is 0 Å². The number of amides is 2. The zero-order valence-corrected chi connectivity index (χ0v) is 19.2. The standard InChI is InChI=1S/C25H34N2O4/c1-6-22(25(29)26-15-18(2)3)27(16-20-11-9-12-21(14-20)30-5)24(28)17-31-23-13-8-7-10-19(23)4/h7-14,18,22H,6,15-17H2,1-5H3,(H,26,29). The van der Waals surface area contributed by atoms with E-state index < -0.39 is 6.04 Å². The van der Waals surface area contributed by atoms with Gasteiger partial charge in [-0.3, -0.25) is 9.59 Å². The van der Waals surface area contributed by atoms with E-state index in [1.165, 1.54) is 0 Å². The van der Waals surface area contributed by atoms with Crippen LogP contribution in [-0.4, -0.2) is 43.0 Å². The molecule has 2 aromatic carbocycles. The molecule has 1 atom stereocenters. The van der Waals surface area contributed by atoms with E-state index in [2.05, 4.69) is 5.32 Å². The Kier molecular flexibility index (Phi) is 9.38. The van der Waals surface area contributed by atoms with E-state index in [0.29, 0.717) is 36.9 Å². The van der Waals surface area contributed by atoms with Crippen molar-refractivity contribution >= 4 is 11.8 Å². The van der Waals surface area contributed by atoms with Crippen molar-refractivity contribution in [3.05, 3.63) is 59.7 Å². The first-order valence-electron chi connectivity index (χ1n) is 10.7. The van der Waals surface area contributed by atoms with Crippen LogP contribution in [0.5, 0.6) is 11.5 Å². The second-order valence-electron chi connectivity index (χ2n) is 7.99. The Morgan fingerprint density at radius 1 is 1.10 bits per heavy atom. The van der Waals surface area contributed by atoms with Gasteiger partial charge < -0.3 is 19.7 Å². The molecule has 0 bridgehead atoms. The highest BCUT2D eigenvalue weighted by Gasteiger charge is 2.29. The number of aryl methyl sites for hydroxylation is 1. The average molecular weight is 427 g/mol. The molecule has 0 spiro atoms. The smallest absolute Gasteiger partial charge is 0.261 e. The fourth-order valence-electron chi connectivity index (χ4n) is 3.25. The van der Waals surface area contributed by atoms with E-state index in [9.17, 15) is 9.59 Å². The van der Waals surface area contributed by atoms with Gasteiger partial charge in [0.05, 0.1) is 7.11 Å². The molecule has 0 saturated heterocycles. The minimum Gasteiger partial charge on any atom is -0.497 e. The third kappa shape index (κ3) is 7.31. The number of methoxy groups -OCH3 is 1. The highest BCUT2D eigenvalue weighted by atomic mass is 16.5. The predicted molar refractivity (Wildman–Crippen MR) is 122 cm³/mol. The van der Waals surface area contributed by atoms with Gasteiger partial charge in [-0.15, -0.1) is 0 Å². The van der Waals surface area contributed by atoms with Crippen LogP contribution in [-0.2, 0) is 16.1 Å². The van der Waals surface area contributed by atoms with Crippen LogP contribution in [0.15, 0.2) is 48.5 Å². The maximum atomic E-state index is 13.2. The van der Waals surface area contributed by atoms with Gasteiger partial charge in [0.15, 0.2) is 6.61 Å². The lowest BCUT2D eigenvalue weighted by molar-refractivity contribution is -0.143. The van der Waals surface area contributed by atoms with E-state index in [-0.39, 0.29) is 18.4 Å². The van der Waals surface area contributed by atoms with Crippen LogP contribution in [0.4, 0.5) is 0 Å². The Bertz CT molecular complexity index is 866. The van der Waals surface area contributed by atoms with Crippen molar-refractivity contribution in [2.75, 3.05) is 20.3 Å². The van der Waals surface area contributed by atoms with Gasteiger partial charge in [-0.1, -0.05) is 51.1 Å². The number of para-hydroxylation sites is 1. The number of rotatable bonds is 11. The molecule has 0 aliphatic heterocycles. The first-order chi connectivity index (χ1) is 14.8. The van der Waals surface area contributed by atoms with Crippen LogP contribution in [0.2, 0.25) is 0 Å². The molecule has 31 heavy (non-hydrogen) atoms. The van der Waals surface area contributed by atoms with Crippen molar-refractivity contribution in [3.63, 3.8) is 0 Å². The van der Waals surface area contributed by atoms with Crippen molar-refractivity contribution in [3.8, 4) is 11.5 Å². The van der Waals surface area contributed by atoms with Gasteiger partial charge in [0.1, 0.15) is 17.5 Å². The summed E-state index contributed by atoms with van der Waals surface area (Å²) in [4.78, 5) is 27.7. The van der Waals surface area contributed by atoms with Crippen LogP contribution in [0, 0.1) is 12.8 Å². The van der Waals surface area contributed by atoms with Crippen molar-refractivity contribution in [2.45, 2.75) is 46.7 Å². The molecule has 2 aromatic rings. The lowest BCUT2D eigenvalue weighted by Gasteiger charge is -2.31. The van der Waals surface area contributed by atoms with Crippen LogP contribution in [0.25, 0.3) is 0 Å². The topological polar surface area (TPSA) is 67.9 Å². The summed E-state index contributed by atoms with van der Waals surface area (Å²) in [5, 5.41) is 2.96. The molecule has 2 rings (SSSR count). The Labute approximate surface area is 185 Å². The number of nitrogens with one attached hydrogen (secondary N) is 1. The fraction of sp³-hybridized carbons (Fsp3) is 0.440. The molecular weight excluding hydrogens is 392 g/mol. The van der Waals surface area contributed by atoms with Crippen molar-refractivity contribution in [2.24, 2.45) is 5.92 Å². The maximum Gasteiger partial charge on any atom is 0.261 e. The lowest BCUT2D eigenvalue weighted by Crippen LogP contribution is -2.50. The number of carbonyl (C=O) groups excluding carboxylic acids is 2. The van der Waals surface area contributed by atoms with E-state index in [1.54, 1.807) is 12.0 Å². The largest absolute Gasteiger partial charge is 0.497 e. The number of benzene rings is 2. The van der Waals surface area contributed by atoms with E-state index in [1.807, 2.05) is 76.2 Å². The van der Waals surface area contributed by atoms with Gasteiger partial charge in [-0.25, -0.2) is 0 Å². The number of nitrogens with zero attached hydrogens (tertiary/aromatic N) is 1. The molecule has 0 radical (unpaired) electrons. The average Bonchev–Trinajstić information content (AvgIpc) is 2.76. The van der Waals surface area contributed by atoms with Crippen LogP contribution in [0.3, 0.4) is 0 Å². The van der Waals surface area contributed by atoms with Gasteiger partial charge >= 0.3 is 0 Å². The molecule has 2 amide bonds. The fourth-order valence-corrected chi connectivity index (χ4v) is 3.25. The number of hydrogen-bond donors (Lipinski definition) is 1. The van der Waals surface area contributed by atoms with Crippen LogP contribution < -0.4 is 14.8 Å². The quantitative estimate of drug-likeness (QED) is 0.591. The minimum absolute atomic E-state index is 0.136. The molecule has 0 aliphatic carbocycles. The predicted octanol–water partition coefficient (Wildman–Crippen LogP) is 3.96. The molecular formula is C25H34N2O4. The second kappa shape index (κ2) is 12.0. The summed E-state index contributed by atoms with van der Waals surface area (Å²) in [5.74, 6) is 1.31. The third-order valence-electron chi connectivity index (χ3n) is 5.00. The normalized spacial score (nSPS) is 11.7. The number of ether oxygens (including phenoxy) is 2. The van der Waals surface area contributed by atoms with E-state index in [0.717, 1.165) is 11.1 Å². The first kappa shape index (κ1) is 24.3. The minimum atomic E-state index is -0.585. The molecule has 0 heterocycles. The summed E-state index contributed by atoms with van der Waals surface area (Å²) >= 11 is 0. The molecule has 0 saturated carbocycles. The molecule has 168 valence electrons. The van der Waals surface area contributed by atoms with Gasteiger partial charge in [0.2, 0.25) is 5.91 Å².